The average Bonchev–Trinajstić information content (AvgIpc) is 2.29. The van der Waals surface area contributed by atoms with Crippen LogP contribution in [-0.2, 0) is 4.79 Å². The van der Waals surface area contributed by atoms with E-state index in [1.54, 1.807) is 0 Å². The van der Waals surface area contributed by atoms with Crippen LogP contribution in [-0.4, -0.2) is 23.5 Å². The van der Waals surface area contributed by atoms with Gasteiger partial charge in [-0.2, -0.15) is 0 Å². The van der Waals surface area contributed by atoms with E-state index in [1.807, 2.05) is 0 Å². The molecular weight excluding hydrogens is 244 g/mol. The number of hydrogen-bond acceptors (Lipinski definition) is 2. The van der Waals surface area contributed by atoms with E-state index >= 15 is 0 Å². The SMILES string of the molecule is CC(C)(CNC(=O)c1cccc(F)c1F)C(=O)O. The number of carbonyl (C=O) groups excluding carboxylic acids is 1. The Morgan fingerprint density at radius 3 is 2.50 bits per heavy atom. The summed E-state index contributed by atoms with van der Waals surface area (Å²) in [4.78, 5) is 22.4. The number of carbonyl (C=O) groups is 2. The molecule has 0 bridgehead atoms. The molecule has 0 aromatic heterocycles. The minimum absolute atomic E-state index is 0.183. The van der Waals surface area contributed by atoms with Crippen LogP contribution >= 0.6 is 0 Å². The fourth-order valence-electron chi connectivity index (χ4n) is 1.15. The lowest BCUT2D eigenvalue weighted by Crippen LogP contribution is -2.39. The first kappa shape index (κ1) is 14.1. The fourth-order valence-corrected chi connectivity index (χ4v) is 1.15. The van der Waals surface area contributed by atoms with Crippen molar-refractivity contribution in [3.8, 4) is 0 Å². The third-order valence-corrected chi connectivity index (χ3v) is 2.47. The van der Waals surface area contributed by atoms with Crippen LogP contribution in [0.5, 0.6) is 0 Å². The summed E-state index contributed by atoms with van der Waals surface area (Å²) in [7, 11) is 0. The third-order valence-electron chi connectivity index (χ3n) is 2.47. The summed E-state index contributed by atoms with van der Waals surface area (Å²) in [5, 5.41) is 11.1. The van der Waals surface area contributed by atoms with Gasteiger partial charge in [-0.05, 0) is 26.0 Å². The maximum absolute atomic E-state index is 13.3. The van der Waals surface area contributed by atoms with Gasteiger partial charge in [-0.25, -0.2) is 8.78 Å². The summed E-state index contributed by atoms with van der Waals surface area (Å²) in [6, 6.07) is 3.23. The summed E-state index contributed by atoms with van der Waals surface area (Å²) in [5.74, 6) is -4.31. The number of aliphatic carboxylic acids is 1. The van der Waals surface area contributed by atoms with E-state index in [0.29, 0.717) is 0 Å². The molecule has 1 amide bonds. The Morgan fingerprint density at radius 2 is 1.94 bits per heavy atom. The van der Waals surface area contributed by atoms with E-state index in [0.717, 1.165) is 12.1 Å². The highest BCUT2D eigenvalue weighted by Gasteiger charge is 2.28. The van der Waals surface area contributed by atoms with Crippen LogP contribution < -0.4 is 5.32 Å². The zero-order valence-corrected chi connectivity index (χ0v) is 9.96. The van der Waals surface area contributed by atoms with Gasteiger partial charge in [-0.1, -0.05) is 6.07 Å². The molecule has 0 saturated carbocycles. The van der Waals surface area contributed by atoms with Crippen molar-refractivity contribution in [1.82, 2.24) is 5.32 Å². The number of benzene rings is 1. The molecule has 1 rings (SSSR count). The molecule has 0 aliphatic carbocycles. The van der Waals surface area contributed by atoms with E-state index in [-0.39, 0.29) is 6.54 Å². The molecule has 6 heteroatoms. The molecule has 0 aliphatic heterocycles. The van der Waals surface area contributed by atoms with Crippen LogP contribution in [0.25, 0.3) is 0 Å². The lowest BCUT2D eigenvalue weighted by Gasteiger charge is -2.19. The zero-order chi connectivity index (χ0) is 13.9. The fraction of sp³-hybridized carbons (Fsp3) is 0.333. The van der Waals surface area contributed by atoms with Gasteiger partial charge >= 0.3 is 5.97 Å². The second-order valence-electron chi connectivity index (χ2n) is 4.47. The topological polar surface area (TPSA) is 66.4 Å². The average molecular weight is 257 g/mol. The molecule has 1 aromatic rings. The van der Waals surface area contributed by atoms with Crippen molar-refractivity contribution in [1.29, 1.82) is 0 Å². The van der Waals surface area contributed by atoms with Gasteiger partial charge in [-0.3, -0.25) is 9.59 Å². The van der Waals surface area contributed by atoms with E-state index in [1.165, 1.54) is 19.9 Å². The monoisotopic (exact) mass is 257 g/mol. The van der Waals surface area contributed by atoms with Gasteiger partial charge in [0.2, 0.25) is 0 Å². The van der Waals surface area contributed by atoms with Crippen LogP contribution in [0.4, 0.5) is 8.78 Å². The standard InChI is InChI=1S/C12H13F2NO3/c1-12(2,11(17)18)6-15-10(16)7-4-3-5-8(13)9(7)14/h3-5H,6H2,1-2H3,(H,15,16)(H,17,18). The molecular formula is C12H13F2NO3. The predicted octanol–water partition coefficient (Wildman–Crippen LogP) is 1.81. The highest BCUT2D eigenvalue weighted by atomic mass is 19.2. The van der Waals surface area contributed by atoms with Crippen LogP contribution in [0.3, 0.4) is 0 Å². The van der Waals surface area contributed by atoms with Gasteiger partial charge < -0.3 is 10.4 Å². The van der Waals surface area contributed by atoms with Crippen molar-refractivity contribution < 1.29 is 23.5 Å². The Morgan fingerprint density at radius 1 is 1.33 bits per heavy atom. The Bertz CT molecular complexity index is 486. The second-order valence-corrected chi connectivity index (χ2v) is 4.47. The molecule has 0 radical (unpaired) electrons. The quantitative estimate of drug-likeness (QED) is 0.864. The number of amides is 1. The normalized spacial score (nSPS) is 11.1. The van der Waals surface area contributed by atoms with E-state index in [4.69, 9.17) is 5.11 Å². The van der Waals surface area contributed by atoms with Gasteiger partial charge in [0.15, 0.2) is 11.6 Å². The van der Waals surface area contributed by atoms with Crippen molar-refractivity contribution in [2.24, 2.45) is 5.41 Å². The molecule has 0 aliphatic rings. The van der Waals surface area contributed by atoms with E-state index < -0.39 is 34.5 Å². The molecule has 0 atom stereocenters. The summed E-state index contributed by atoms with van der Waals surface area (Å²) in [5.41, 5.74) is -1.63. The van der Waals surface area contributed by atoms with Crippen LogP contribution in [0.1, 0.15) is 24.2 Å². The molecule has 4 nitrogen and oxygen atoms in total. The van der Waals surface area contributed by atoms with Crippen molar-refractivity contribution >= 4 is 11.9 Å². The molecule has 0 fully saturated rings. The highest BCUT2D eigenvalue weighted by Crippen LogP contribution is 2.15. The minimum atomic E-state index is -1.25. The second kappa shape index (κ2) is 5.12. The Hall–Kier alpha value is -1.98. The molecule has 1 aromatic carbocycles. The van der Waals surface area contributed by atoms with Gasteiger partial charge in [0.1, 0.15) is 0 Å². The summed E-state index contributed by atoms with van der Waals surface area (Å²) in [6.07, 6.45) is 0. The van der Waals surface area contributed by atoms with Crippen molar-refractivity contribution in [3.05, 3.63) is 35.4 Å². The number of nitrogens with one attached hydrogen (secondary N) is 1. The minimum Gasteiger partial charge on any atom is -0.481 e. The van der Waals surface area contributed by atoms with Crippen molar-refractivity contribution in [3.63, 3.8) is 0 Å². The Labute approximate surface area is 103 Å². The largest absolute Gasteiger partial charge is 0.481 e. The predicted molar refractivity (Wildman–Crippen MR) is 60.1 cm³/mol. The van der Waals surface area contributed by atoms with Crippen LogP contribution in [0.15, 0.2) is 18.2 Å². The molecule has 18 heavy (non-hydrogen) atoms. The van der Waals surface area contributed by atoms with Gasteiger partial charge in [0.25, 0.3) is 5.91 Å². The van der Waals surface area contributed by atoms with E-state index in [9.17, 15) is 18.4 Å². The summed E-state index contributed by atoms with van der Waals surface area (Å²) >= 11 is 0. The Kier molecular flexibility index (Phi) is 4.00. The summed E-state index contributed by atoms with van der Waals surface area (Å²) in [6.45, 7) is 2.65. The first-order chi connectivity index (χ1) is 8.25. The lowest BCUT2D eigenvalue weighted by molar-refractivity contribution is -0.146. The maximum Gasteiger partial charge on any atom is 0.310 e. The van der Waals surface area contributed by atoms with Crippen molar-refractivity contribution in [2.45, 2.75) is 13.8 Å². The van der Waals surface area contributed by atoms with E-state index in [2.05, 4.69) is 5.32 Å². The highest BCUT2D eigenvalue weighted by molar-refractivity contribution is 5.94. The van der Waals surface area contributed by atoms with Gasteiger partial charge in [0, 0.05) is 6.54 Å². The summed E-state index contributed by atoms with van der Waals surface area (Å²) < 4.78 is 26.2. The van der Waals surface area contributed by atoms with Crippen LogP contribution in [0.2, 0.25) is 0 Å². The van der Waals surface area contributed by atoms with Crippen molar-refractivity contribution in [2.75, 3.05) is 6.54 Å². The number of hydrogen-bond donors (Lipinski definition) is 2. The number of halogens is 2. The number of rotatable bonds is 4. The number of carboxylic acid groups (broad SMARTS) is 1. The van der Waals surface area contributed by atoms with Gasteiger partial charge in [0.05, 0.1) is 11.0 Å². The lowest BCUT2D eigenvalue weighted by atomic mass is 9.94. The maximum atomic E-state index is 13.3. The smallest absolute Gasteiger partial charge is 0.310 e. The molecule has 2 N–H and O–H groups in total. The molecule has 0 unspecified atom stereocenters. The first-order valence-electron chi connectivity index (χ1n) is 5.21. The zero-order valence-electron chi connectivity index (χ0n) is 9.96. The molecule has 98 valence electrons. The molecule has 0 heterocycles. The van der Waals surface area contributed by atoms with Gasteiger partial charge in [-0.15, -0.1) is 0 Å². The number of carboxylic acids is 1. The third kappa shape index (κ3) is 3.03. The van der Waals surface area contributed by atoms with Crippen LogP contribution in [0, 0.1) is 17.0 Å². The first-order valence-corrected chi connectivity index (χ1v) is 5.21. The Balaban J connectivity index is 2.78. The molecule has 0 saturated heterocycles. The molecule has 0 spiro atoms.